The maximum Gasteiger partial charge on any atom is 0.191 e. The van der Waals surface area contributed by atoms with Crippen LogP contribution in [0.1, 0.15) is 35.3 Å². The highest BCUT2D eigenvalue weighted by Crippen LogP contribution is 2.18. The van der Waals surface area contributed by atoms with Crippen LogP contribution < -0.4 is 10.6 Å². The van der Waals surface area contributed by atoms with Gasteiger partial charge in [-0.1, -0.05) is 6.08 Å². The van der Waals surface area contributed by atoms with Gasteiger partial charge < -0.3 is 10.6 Å². The van der Waals surface area contributed by atoms with Crippen molar-refractivity contribution in [3.8, 4) is 0 Å². The maximum atomic E-state index is 4.74. The lowest BCUT2D eigenvalue weighted by Gasteiger charge is -2.32. The van der Waals surface area contributed by atoms with Gasteiger partial charge in [-0.25, -0.2) is 9.98 Å². The Labute approximate surface area is 167 Å². The summed E-state index contributed by atoms with van der Waals surface area (Å²) in [5, 5.41) is 8.05. The fourth-order valence-electron chi connectivity index (χ4n) is 2.83. The van der Waals surface area contributed by atoms with Crippen molar-refractivity contribution in [2.24, 2.45) is 4.99 Å². The van der Waals surface area contributed by atoms with Crippen LogP contribution in [0, 0.1) is 13.8 Å². The zero-order valence-electron chi connectivity index (χ0n) is 15.0. The molecule has 1 aliphatic heterocycles. The van der Waals surface area contributed by atoms with Gasteiger partial charge in [0, 0.05) is 37.1 Å². The van der Waals surface area contributed by atoms with Crippen molar-refractivity contribution in [1.82, 2.24) is 20.5 Å². The molecule has 0 aromatic carbocycles. The van der Waals surface area contributed by atoms with Crippen molar-refractivity contribution in [2.45, 2.75) is 46.2 Å². The molecular weight excluding hydrogens is 433 g/mol. The molecule has 1 aromatic heterocycles. The third-order valence-electron chi connectivity index (χ3n) is 4.04. The third-order valence-corrected chi connectivity index (χ3v) is 5.10. The molecule has 0 aliphatic carbocycles. The molecule has 1 fully saturated rings. The van der Waals surface area contributed by atoms with Crippen LogP contribution in [-0.4, -0.2) is 48.1 Å². The van der Waals surface area contributed by atoms with E-state index in [1.807, 2.05) is 13.0 Å². The Bertz CT molecular complexity index is 535. The average molecular weight is 463 g/mol. The molecular formula is C17H30IN5S. The second kappa shape index (κ2) is 11.0. The molecule has 0 radical (unpaired) electrons. The van der Waals surface area contributed by atoms with E-state index in [2.05, 4.69) is 40.9 Å². The molecule has 0 amide bonds. The van der Waals surface area contributed by atoms with Crippen molar-refractivity contribution < 1.29 is 0 Å². The second-order valence-corrected chi connectivity index (χ2v) is 7.23. The molecule has 1 aliphatic rings. The van der Waals surface area contributed by atoms with Gasteiger partial charge >= 0.3 is 0 Å². The second-order valence-electron chi connectivity index (χ2n) is 5.94. The van der Waals surface area contributed by atoms with Gasteiger partial charge in [-0.05, 0) is 33.6 Å². The minimum atomic E-state index is 0. The molecule has 0 atom stereocenters. The molecule has 0 bridgehead atoms. The Hall–Kier alpha value is -0.670. The van der Waals surface area contributed by atoms with Crippen molar-refractivity contribution in [1.29, 1.82) is 0 Å². The van der Waals surface area contributed by atoms with Gasteiger partial charge in [-0.15, -0.1) is 41.9 Å². The van der Waals surface area contributed by atoms with Gasteiger partial charge in [0.2, 0.25) is 0 Å². The molecule has 5 nitrogen and oxygen atoms in total. The van der Waals surface area contributed by atoms with Crippen LogP contribution in [0.5, 0.6) is 0 Å². The highest BCUT2D eigenvalue weighted by Gasteiger charge is 2.19. The van der Waals surface area contributed by atoms with Crippen LogP contribution >= 0.6 is 35.3 Å². The number of rotatable bonds is 6. The van der Waals surface area contributed by atoms with Crippen LogP contribution in [0.4, 0.5) is 0 Å². The van der Waals surface area contributed by atoms with E-state index in [-0.39, 0.29) is 24.0 Å². The van der Waals surface area contributed by atoms with E-state index in [0.717, 1.165) is 55.7 Å². The van der Waals surface area contributed by atoms with E-state index in [4.69, 9.17) is 4.99 Å². The summed E-state index contributed by atoms with van der Waals surface area (Å²) < 4.78 is 0. The summed E-state index contributed by atoms with van der Waals surface area (Å²) in [6.45, 7) is 14.8. The molecule has 2 rings (SSSR count). The Morgan fingerprint density at radius 2 is 2.12 bits per heavy atom. The highest BCUT2D eigenvalue weighted by molar-refractivity contribution is 14.0. The maximum absolute atomic E-state index is 4.74. The Balaban J connectivity index is 0.00000288. The first-order valence-electron chi connectivity index (χ1n) is 8.43. The molecule has 136 valence electrons. The van der Waals surface area contributed by atoms with Crippen molar-refractivity contribution >= 4 is 41.3 Å². The molecule has 2 N–H and O–H groups in total. The Morgan fingerprint density at radius 3 is 2.67 bits per heavy atom. The fourth-order valence-corrected chi connectivity index (χ4v) is 3.69. The van der Waals surface area contributed by atoms with E-state index < -0.39 is 0 Å². The number of thiazole rings is 1. The lowest BCUT2D eigenvalue weighted by atomic mass is 10.1. The summed E-state index contributed by atoms with van der Waals surface area (Å²) in [6, 6.07) is 0.498. The van der Waals surface area contributed by atoms with Crippen molar-refractivity contribution in [2.75, 3.05) is 26.2 Å². The number of aliphatic imine (C=N–C) groups is 1. The lowest BCUT2D eigenvalue weighted by Crippen LogP contribution is -2.48. The number of aryl methyl sites for hydroxylation is 2. The predicted molar refractivity (Wildman–Crippen MR) is 115 cm³/mol. The number of hydrogen-bond donors (Lipinski definition) is 2. The SMILES string of the molecule is C=CCN1CCC(NC(=NCc2sc(C)nc2C)NCC)CC1.I. The summed E-state index contributed by atoms with van der Waals surface area (Å²) in [5.74, 6) is 0.917. The number of halogens is 1. The number of guanidine groups is 1. The Kier molecular flexibility index (Phi) is 9.84. The number of piperidine rings is 1. The summed E-state index contributed by atoms with van der Waals surface area (Å²) >= 11 is 1.74. The summed E-state index contributed by atoms with van der Waals surface area (Å²) in [4.78, 5) is 12.9. The zero-order chi connectivity index (χ0) is 16.7. The highest BCUT2D eigenvalue weighted by atomic mass is 127. The molecule has 0 spiro atoms. The van der Waals surface area contributed by atoms with E-state index >= 15 is 0 Å². The van der Waals surface area contributed by atoms with Gasteiger partial charge in [-0.3, -0.25) is 4.90 Å². The summed E-state index contributed by atoms with van der Waals surface area (Å²) in [6.07, 6.45) is 4.28. The zero-order valence-corrected chi connectivity index (χ0v) is 18.1. The molecule has 24 heavy (non-hydrogen) atoms. The molecule has 1 saturated heterocycles. The van der Waals surface area contributed by atoms with Crippen LogP contribution in [0.3, 0.4) is 0 Å². The van der Waals surface area contributed by atoms with E-state index in [1.54, 1.807) is 11.3 Å². The number of likely N-dealkylation sites (tertiary alicyclic amines) is 1. The van der Waals surface area contributed by atoms with Gasteiger partial charge in [0.1, 0.15) is 0 Å². The van der Waals surface area contributed by atoms with Gasteiger partial charge in [0.25, 0.3) is 0 Å². The van der Waals surface area contributed by atoms with Crippen LogP contribution in [-0.2, 0) is 6.54 Å². The minimum absolute atomic E-state index is 0. The van der Waals surface area contributed by atoms with Crippen LogP contribution in [0.2, 0.25) is 0 Å². The first-order valence-corrected chi connectivity index (χ1v) is 9.25. The first kappa shape index (κ1) is 21.4. The molecule has 1 aromatic rings. The van der Waals surface area contributed by atoms with Gasteiger partial charge in [0.05, 0.1) is 17.2 Å². The summed E-state index contributed by atoms with van der Waals surface area (Å²) in [7, 11) is 0. The van der Waals surface area contributed by atoms with E-state index in [1.165, 1.54) is 4.88 Å². The van der Waals surface area contributed by atoms with E-state index in [0.29, 0.717) is 12.6 Å². The minimum Gasteiger partial charge on any atom is -0.357 e. The molecule has 0 saturated carbocycles. The third kappa shape index (κ3) is 6.68. The van der Waals surface area contributed by atoms with E-state index in [9.17, 15) is 0 Å². The quantitative estimate of drug-likeness (QED) is 0.295. The fraction of sp³-hybridized carbons (Fsp3) is 0.647. The van der Waals surface area contributed by atoms with Gasteiger partial charge in [-0.2, -0.15) is 0 Å². The van der Waals surface area contributed by atoms with Crippen molar-refractivity contribution in [3.05, 3.63) is 28.2 Å². The lowest BCUT2D eigenvalue weighted by molar-refractivity contribution is 0.225. The first-order chi connectivity index (χ1) is 11.1. The van der Waals surface area contributed by atoms with Crippen LogP contribution in [0.15, 0.2) is 17.6 Å². The topological polar surface area (TPSA) is 52.5 Å². The number of hydrogen-bond acceptors (Lipinski definition) is 4. The normalized spacial score (nSPS) is 16.5. The molecule has 7 heteroatoms. The number of aromatic nitrogens is 1. The largest absolute Gasteiger partial charge is 0.357 e. The summed E-state index contributed by atoms with van der Waals surface area (Å²) in [5.41, 5.74) is 1.10. The monoisotopic (exact) mass is 463 g/mol. The van der Waals surface area contributed by atoms with Crippen LogP contribution in [0.25, 0.3) is 0 Å². The number of nitrogens with zero attached hydrogens (tertiary/aromatic N) is 3. The Morgan fingerprint density at radius 1 is 1.42 bits per heavy atom. The standard InChI is InChI=1S/C17H29N5S.HI/c1-5-9-22-10-7-15(8-11-22)21-17(18-6-2)19-12-16-13(3)20-14(4)23-16;/h5,15H,1,6-12H2,2-4H3,(H2,18,19,21);1H. The molecule has 0 unspecified atom stereocenters. The van der Waals surface area contributed by atoms with Crippen molar-refractivity contribution in [3.63, 3.8) is 0 Å². The average Bonchev–Trinajstić information content (AvgIpc) is 2.85. The number of nitrogens with one attached hydrogen (secondary N) is 2. The smallest absolute Gasteiger partial charge is 0.191 e. The predicted octanol–water partition coefficient (Wildman–Crippen LogP) is 3.08. The molecule has 2 heterocycles. The van der Waals surface area contributed by atoms with Gasteiger partial charge in [0.15, 0.2) is 5.96 Å².